The average molecular weight is 429 g/mol. The van der Waals surface area contributed by atoms with Gasteiger partial charge in [-0.2, -0.15) is 4.31 Å². The summed E-state index contributed by atoms with van der Waals surface area (Å²) in [5.41, 5.74) is 0.929. The third-order valence-corrected chi connectivity index (χ3v) is 7.79. The van der Waals surface area contributed by atoms with Gasteiger partial charge in [-0.3, -0.25) is 4.79 Å². The van der Waals surface area contributed by atoms with Crippen molar-refractivity contribution < 1.29 is 17.9 Å². The van der Waals surface area contributed by atoms with E-state index in [1.54, 1.807) is 28.6 Å². The van der Waals surface area contributed by atoms with E-state index in [4.69, 9.17) is 4.74 Å². The normalized spacial score (nSPS) is 23.6. The highest BCUT2D eigenvalue weighted by Gasteiger charge is 2.43. The molecule has 1 saturated heterocycles. The molecule has 0 saturated carbocycles. The van der Waals surface area contributed by atoms with Crippen LogP contribution >= 0.6 is 0 Å². The zero-order valence-electron chi connectivity index (χ0n) is 17.4. The SMILES string of the molecule is CC(C)C(=O)N1CC[C@@H]2[C@@H](CC1)Oc1ccccc1S(=O)(=O)N2Cc1ccccc1. The number of carbonyl (C=O) groups excluding carboxylic acids is 1. The van der Waals surface area contributed by atoms with Crippen molar-refractivity contribution in [3.63, 3.8) is 0 Å². The van der Waals surface area contributed by atoms with Gasteiger partial charge in [0.25, 0.3) is 0 Å². The summed E-state index contributed by atoms with van der Waals surface area (Å²) in [5, 5.41) is 0. The Bertz CT molecular complexity index is 1010. The first-order valence-electron chi connectivity index (χ1n) is 10.5. The molecule has 7 heteroatoms. The molecule has 0 aliphatic carbocycles. The molecule has 0 radical (unpaired) electrons. The van der Waals surface area contributed by atoms with Gasteiger partial charge in [0.2, 0.25) is 15.9 Å². The molecule has 4 rings (SSSR count). The van der Waals surface area contributed by atoms with Gasteiger partial charge >= 0.3 is 0 Å². The number of carbonyl (C=O) groups is 1. The van der Waals surface area contributed by atoms with E-state index < -0.39 is 10.0 Å². The van der Waals surface area contributed by atoms with Crippen LogP contribution < -0.4 is 4.74 Å². The van der Waals surface area contributed by atoms with Gasteiger partial charge in [0.05, 0.1) is 6.04 Å². The van der Waals surface area contributed by atoms with Gasteiger partial charge in [-0.15, -0.1) is 0 Å². The predicted octanol–water partition coefficient (Wildman–Crippen LogP) is 3.29. The Kier molecular flexibility index (Phi) is 5.84. The summed E-state index contributed by atoms with van der Waals surface area (Å²) in [5.74, 6) is 0.412. The summed E-state index contributed by atoms with van der Waals surface area (Å²) >= 11 is 0. The fourth-order valence-corrected chi connectivity index (χ4v) is 6.10. The van der Waals surface area contributed by atoms with E-state index in [2.05, 4.69) is 0 Å². The molecule has 0 unspecified atom stereocenters. The number of nitrogens with zero attached hydrogens (tertiary/aromatic N) is 2. The summed E-state index contributed by atoms with van der Waals surface area (Å²) in [6.45, 7) is 5.16. The Morgan fingerprint density at radius 1 is 1.03 bits per heavy atom. The van der Waals surface area contributed by atoms with Crippen molar-refractivity contribution in [2.24, 2.45) is 5.92 Å². The van der Waals surface area contributed by atoms with Crippen LogP contribution in [0, 0.1) is 5.92 Å². The largest absolute Gasteiger partial charge is 0.487 e. The van der Waals surface area contributed by atoms with E-state index in [1.165, 1.54) is 0 Å². The van der Waals surface area contributed by atoms with Gasteiger partial charge in [0, 0.05) is 32.0 Å². The van der Waals surface area contributed by atoms with E-state index in [-0.39, 0.29) is 35.4 Å². The molecule has 1 amide bonds. The third-order valence-electron chi connectivity index (χ3n) is 5.88. The number of para-hydroxylation sites is 1. The van der Waals surface area contributed by atoms with E-state index in [0.717, 1.165) is 5.56 Å². The zero-order chi connectivity index (χ0) is 21.3. The third kappa shape index (κ3) is 3.96. The predicted molar refractivity (Wildman–Crippen MR) is 114 cm³/mol. The summed E-state index contributed by atoms with van der Waals surface area (Å²) in [6, 6.07) is 16.1. The molecule has 2 aliphatic heterocycles. The van der Waals surface area contributed by atoms with Crippen LogP contribution in [0.15, 0.2) is 59.5 Å². The highest BCUT2D eigenvalue weighted by Crippen LogP contribution is 2.37. The van der Waals surface area contributed by atoms with Crippen molar-refractivity contribution in [3.05, 3.63) is 60.2 Å². The fraction of sp³-hybridized carbons (Fsp3) is 0.435. The Labute approximate surface area is 178 Å². The van der Waals surface area contributed by atoms with Crippen LogP contribution in [-0.4, -0.2) is 48.8 Å². The molecule has 6 nitrogen and oxygen atoms in total. The molecule has 2 heterocycles. The van der Waals surface area contributed by atoms with E-state index in [0.29, 0.717) is 31.7 Å². The maximum absolute atomic E-state index is 13.7. The summed E-state index contributed by atoms with van der Waals surface area (Å²) in [4.78, 5) is 14.6. The van der Waals surface area contributed by atoms with E-state index in [9.17, 15) is 13.2 Å². The van der Waals surface area contributed by atoms with Crippen LogP contribution in [0.3, 0.4) is 0 Å². The molecule has 0 spiro atoms. The molecule has 0 bridgehead atoms. The van der Waals surface area contributed by atoms with E-state index >= 15 is 0 Å². The topological polar surface area (TPSA) is 66.9 Å². The molecule has 2 aromatic rings. The van der Waals surface area contributed by atoms with Crippen LogP contribution in [0.5, 0.6) is 5.75 Å². The second-order valence-electron chi connectivity index (χ2n) is 8.26. The van der Waals surface area contributed by atoms with Crippen molar-refractivity contribution in [2.45, 2.75) is 50.3 Å². The lowest BCUT2D eigenvalue weighted by Gasteiger charge is -2.31. The molecular weight excluding hydrogens is 400 g/mol. The molecule has 2 atom stereocenters. The Morgan fingerprint density at radius 3 is 2.43 bits per heavy atom. The lowest BCUT2D eigenvalue weighted by Crippen LogP contribution is -2.46. The average Bonchev–Trinajstić information content (AvgIpc) is 2.98. The number of ether oxygens (including phenoxy) is 1. The second-order valence-corrected chi connectivity index (χ2v) is 10.1. The van der Waals surface area contributed by atoms with Crippen LogP contribution in [-0.2, 0) is 21.4 Å². The molecule has 0 N–H and O–H groups in total. The van der Waals surface area contributed by atoms with Crippen molar-refractivity contribution in [1.29, 1.82) is 0 Å². The number of benzene rings is 2. The smallest absolute Gasteiger partial charge is 0.247 e. The Morgan fingerprint density at radius 2 is 1.70 bits per heavy atom. The highest BCUT2D eigenvalue weighted by molar-refractivity contribution is 7.89. The number of sulfonamides is 1. The number of amides is 1. The maximum atomic E-state index is 13.7. The molecular formula is C23H28N2O4S. The molecule has 2 aliphatic rings. The minimum absolute atomic E-state index is 0.0845. The van der Waals surface area contributed by atoms with Crippen molar-refractivity contribution in [3.8, 4) is 5.75 Å². The van der Waals surface area contributed by atoms with Crippen molar-refractivity contribution >= 4 is 15.9 Å². The number of rotatable bonds is 3. The summed E-state index contributed by atoms with van der Waals surface area (Å²) < 4.78 is 35.2. The zero-order valence-corrected chi connectivity index (χ0v) is 18.2. The van der Waals surface area contributed by atoms with Crippen LogP contribution in [0.2, 0.25) is 0 Å². The molecule has 30 heavy (non-hydrogen) atoms. The number of fused-ring (bicyclic) bond motifs is 2. The van der Waals surface area contributed by atoms with E-state index in [1.807, 2.05) is 49.1 Å². The van der Waals surface area contributed by atoms with Gasteiger partial charge in [-0.05, 0) is 24.1 Å². The molecule has 2 aromatic carbocycles. The molecule has 0 aromatic heterocycles. The molecule has 1 fully saturated rings. The Hall–Kier alpha value is -2.38. The van der Waals surface area contributed by atoms with Gasteiger partial charge in [-0.1, -0.05) is 56.3 Å². The van der Waals surface area contributed by atoms with Crippen molar-refractivity contribution in [2.75, 3.05) is 13.1 Å². The molecule has 160 valence electrons. The highest BCUT2D eigenvalue weighted by atomic mass is 32.2. The van der Waals surface area contributed by atoms with Crippen LogP contribution in [0.4, 0.5) is 0 Å². The van der Waals surface area contributed by atoms with Gasteiger partial charge in [0.1, 0.15) is 16.7 Å². The minimum atomic E-state index is -3.75. The lowest BCUT2D eigenvalue weighted by molar-refractivity contribution is -0.134. The number of hydrogen-bond acceptors (Lipinski definition) is 4. The second kappa shape index (κ2) is 8.40. The van der Waals surface area contributed by atoms with Crippen LogP contribution in [0.25, 0.3) is 0 Å². The standard InChI is InChI=1S/C23H28N2O4S/c1-17(2)23(26)24-14-12-19-20(13-15-24)29-21-10-6-7-11-22(21)30(27,28)25(19)16-18-8-4-3-5-9-18/h3-11,17,19-20H,12-16H2,1-2H3/t19-,20-/m1/s1. The quantitative estimate of drug-likeness (QED) is 0.753. The van der Waals surface area contributed by atoms with Gasteiger partial charge in [0.15, 0.2) is 0 Å². The van der Waals surface area contributed by atoms with Crippen molar-refractivity contribution in [1.82, 2.24) is 9.21 Å². The minimum Gasteiger partial charge on any atom is -0.487 e. The monoisotopic (exact) mass is 428 g/mol. The number of hydrogen-bond donors (Lipinski definition) is 0. The first-order valence-corrected chi connectivity index (χ1v) is 11.9. The maximum Gasteiger partial charge on any atom is 0.247 e. The van der Waals surface area contributed by atoms with Crippen LogP contribution in [0.1, 0.15) is 32.3 Å². The summed E-state index contributed by atoms with van der Waals surface area (Å²) in [7, 11) is -3.75. The lowest BCUT2D eigenvalue weighted by atomic mass is 10.1. The first-order chi connectivity index (χ1) is 14.4. The number of likely N-dealkylation sites (tertiary alicyclic amines) is 1. The van der Waals surface area contributed by atoms with Gasteiger partial charge in [-0.25, -0.2) is 8.42 Å². The Balaban J connectivity index is 1.74. The first kappa shape index (κ1) is 20.9. The summed E-state index contributed by atoms with van der Waals surface area (Å²) in [6.07, 6.45) is 0.832. The fourth-order valence-electron chi connectivity index (χ4n) is 4.31. The van der Waals surface area contributed by atoms with Gasteiger partial charge < -0.3 is 9.64 Å².